The number of carboxylic acid groups (broad SMARTS) is 1. The molecular formula is C9H12BrNO6S. The maximum atomic E-state index is 12.0. The number of aliphatic hydroxyl groups excluding tert-OH is 1. The number of sulfonamides is 1. The molecule has 0 aliphatic rings. The molecule has 3 N–H and O–H groups in total. The van der Waals surface area contributed by atoms with Crippen LogP contribution in [-0.2, 0) is 10.0 Å². The third kappa shape index (κ3) is 3.31. The van der Waals surface area contributed by atoms with Gasteiger partial charge in [0.1, 0.15) is 4.90 Å². The van der Waals surface area contributed by atoms with Crippen LogP contribution in [0.3, 0.4) is 0 Å². The predicted octanol–water partition coefficient (Wildman–Crippen LogP) is 0.790. The largest absolute Gasteiger partial charge is 0.475 e. The highest BCUT2D eigenvalue weighted by atomic mass is 79.9. The molecule has 0 aliphatic carbocycles. The molecule has 1 rings (SSSR count). The monoisotopic (exact) mass is 341 g/mol. The second-order valence-electron chi connectivity index (χ2n) is 4.20. The summed E-state index contributed by atoms with van der Waals surface area (Å²) in [6.07, 6.45) is 0. The molecule has 9 heteroatoms. The van der Waals surface area contributed by atoms with Gasteiger partial charge in [0.25, 0.3) is 0 Å². The summed E-state index contributed by atoms with van der Waals surface area (Å²) in [4.78, 5) is 10.3. The number of hydrogen-bond acceptors (Lipinski definition) is 5. The van der Waals surface area contributed by atoms with Crippen LogP contribution in [0.15, 0.2) is 20.0 Å². The molecule has 1 heterocycles. The average molecular weight is 342 g/mol. The van der Waals surface area contributed by atoms with E-state index in [1.807, 2.05) is 0 Å². The fourth-order valence-electron chi connectivity index (χ4n) is 1.09. The van der Waals surface area contributed by atoms with Crippen molar-refractivity contribution in [2.24, 2.45) is 0 Å². The summed E-state index contributed by atoms with van der Waals surface area (Å²) in [5.74, 6) is -1.87. The van der Waals surface area contributed by atoms with Gasteiger partial charge in [0.15, 0.2) is 4.67 Å². The van der Waals surface area contributed by atoms with Crippen LogP contribution in [0.5, 0.6) is 0 Å². The Kier molecular flexibility index (Phi) is 4.21. The van der Waals surface area contributed by atoms with Gasteiger partial charge in [0.2, 0.25) is 15.8 Å². The van der Waals surface area contributed by atoms with Gasteiger partial charge in [0.05, 0.1) is 12.1 Å². The van der Waals surface area contributed by atoms with E-state index in [0.717, 1.165) is 6.07 Å². The molecule has 0 aliphatic heterocycles. The van der Waals surface area contributed by atoms with Crippen molar-refractivity contribution in [3.8, 4) is 0 Å². The smallest absolute Gasteiger partial charge is 0.371 e. The van der Waals surface area contributed by atoms with Crippen LogP contribution in [0.2, 0.25) is 0 Å². The van der Waals surface area contributed by atoms with Gasteiger partial charge in [-0.25, -0.2) is 17.9 Å². The first kappa shape index (κ1) is 15.2. The summed E-state index contributed by atoms with van der Waals surface area (Å²) in [7, 11) is -3.99. The van der Waals surface area contributed by atoms with Crippen LogP contribution in [0, 0.1) is 0 Å². The highest BCUT2D eigenvalue weighted by Gasteiger charge is 2.30. The summed E-state index contributed by atoms with van der Waals surface area (Å²) < 4.78 is 30.7. The SMILES string of the molecule is CC(C)(CO)NS(=O)(=O)c1cc(C(=O)O)oc1Br. The lowest BCUT2D eigenvalue weighted by Crippen LogP contribution is -2.46. The third-order valence-corrected chi connectivity index (χ3v) is 4.52. The normalized spacial score (nSPS) is 12.7. The minimum absolute atomic E-state index is 0.207. The number of hydrogen-bond donors (Lipinski definition) is 3. The molecule has 0 fully saturated rings. The van der Waals surface area contributed by atoms with Gasteiger partial charge >= 0.3 is 5.97 Å². The van der Waals surface area contributed by atoms with E-state index in [2.05, 4.69) is 20.7 Å². The number of furan rings is 1. The number of carboxylic acids is 1. The second kappa shape index (κ2) is 5.00. The molecule has 0 saturated heterocycles. The molecule has 1 aromatic heterocycles. The van der Waals surface area contributed by atoms with Gasteiger partial charge < -0.3 is 14.6 Å². The first-order valence-electron chi connectivity index (χ1n) is 4.76. The Hall–Kier alpha value is -0.900. The van der Waals surface area contributed by atoms with Crippen LogP contribution >= 0.6 is 15.9 Å². The van der Waals surface area contributed by atoms with E-state index in [4.69, 9.17) is 14.6 Å². The number of aromatic carboxylic acids is 1. The van der Waals surface area contributed by atoms with E-state index in [1.165, 1.54) is 13.8 Å². The van der Waals surface area contributed by atoms with E-state index in [-0.39, 0.29) is 9.56 Å². The molecule has 7 nitrogen and oxygen atoms in total. The topological polar surface area (TPSA) is 117 Å². The van der Waals surface area contributed by atoms with E-state index in [9.17, 15) is 13.2 Å². The zero-order valence-corrected chi connectivity index (χ0v) is 12.0. The first-order valence-corrected chi connectivity index (χ1v) is 7.04. The molecule has 0 aromatic carbocycles. The molecular weight excluding hydrogens is 330 g/mol. The number of halogens is 1. The Labute approximate surface area is 112 Å². The van der Waals surface area contributed by atoms with Gasteiger partial charge in [-0.3, -0.25) is 0 Å². The van der Waals surface area contributed by atoms with Gasteiger partial charge in [-0.2, -0.15) is 0 Å². The average Bonchev–Trinajstić information content (AvgIpc) is 2.60. The quantitative estimate of drug-likeness (QED) is 0.728. The third-order valence-electron chi connectivity index (χ3n) is 1.96. The van der Waals surface area contributed by atoms with Gasteiger partial charge in [-0.05, 0) is 29.8 Å². The lowest BCUT2D eigenvalue weighted by atomic mass is 10.1. The van der Waals surface area contributed by atoms with Crippen molar-refractivity contribution in [3.63, 3.8) is 0 Å². The van der Waals surface area contributed by atoms with Crippen LogP contribution in [-0.4, -0.2) is 36.7 Å². The van der Waals surface area contributed by atoms with E-state index in [1.54, 1.807) is 0 Å². The highest BCUT2D eigenvalue weighted by molar-refractivity contribution is 9.10. The molecule has 0 atom stereocenters. The van der Waals surface area contributed by atoms with E-state index < -0.39 is 33.9 Å². The molecule has 0 bridgehead atoms. The Balaban J connectivity index is 3.17. The minimum Gasteiger partial charge on any atom is -0.475 e. The van der Waals surface area contributed by atoms with Crippen molar-refractivity contribution in [1.29, 1.82) is 0 Å². The molecule has 102 valence electrons. The fourth-order valence-corrected chi connectivity index (χ4v) is 3.44. The number of carbonyl (C=O) groups is 1. The molecule has 0 unspecified atom stereocenters. The molecule has 0 spiro atoms. The summed E-state index contributed by atoms with van der Waals surface area (Å²) in [6.45, 7) is 2.56. The summed E-state index contributed by atoms with van der Waals surface area (Å²) >= 11 is 2.84. The van der Waals surface area contributed by atoms with E-state index >= 15 is 0 Å². The molecule has 0 radical (unpaired) electrons. The van der Waals surface area contributed by atoms with Crippen LogP contribution < -0.4 is 4.72 Å². The lowest BCUT2D eigenvalue weighted by Gasteiger charge is -2.22. The highest BCUT2D eigenvalue weighted by Crippen LogP contribution is 2.27. The van der Waals surface area contributed by atoms with Crippen molar-refractivity contribution in [1.82, 2.24) is 4.72 Å². The van der Waals surface area contributed by atoms with Crippen molar-refractivity contribution in [2.75, 3.05) is 6.61 Å². The first-order chi connectivity index (χ1) is 8.09. The van der Waals surface area contributed by atoms with Crippen molar-refractivity contribution >= 4 is 31.9 Å². The molecule has 18 heavy (non-hydrogen) atoms. The Morgan fingerprint density at radius 3 is 2.50 bits per heavy atom. The fraction of sp³-hybridized carbons (Fsp3) is 0.444. The second-order valence-corrected chi connectivity index (χ2v) is 6.57. The van der Waals surface area contributed by atoms with Crippen molar-refractivity contribution < 1.29 is 27.8 Å². The minimum atomic E-state index is -3.99. The summed E-state index contributed by atoms with van der Waals surface area (Å²) in [5, 5.41) is 17.7. The number of nitrogens with one attached hydrogen (secondary N) is 1. The predicted molar refractivity (Wildman–Crippen MR) is 64.9 cm³/mol. The maximum absolute atomic E-state index is 12.0. The molecule has 1 aromatic rings. The van der Waals surface area contributed by atoms with Gasteiger partial charge in [-0.15, -0.1) is 0 Å². The lowest BCUT2D eigenvalue weighted by molar-refractivity contribution is 0.0661. The Bertz CT molecular complexity index is 562. The summed E-state index contributed by atoms with van der Waals surface area (Å²) in [5.41, 5.74) is -1.07. The number of rotatable bonds is 5. The Morgan fingerprint density at radius 1 is 1.56 bits per heavy atom. The Morgan fingerprint density at radius 2 is 2.11 bits per heavy atom. The van der Waals surface area contributed by atoms with Gasteiger partial charge in [-0.1, -0.05) is 0 Å². The van der Waals surface area contributed by atoms with Crippen LogP contribution in [0.25, 0.3) is 0 Å². The molecule has 0 saturated carbocycles. The maximum Gasteiger partial charge on any atom is 0.371 e. The van der Waals surface area contributed by atoms with E-state index in [0.29, 0.717) is 0 Å². The zero-order chi connectivity index (χ0) is 14.1. The van der Waals surface area contributed by atoms with Crippen LogP contribution in [0.4, 0.5) is 0 Å². The molecule has 0 amide bonds. The summed E-state index contributed by atoms with van der Waals surface area (Å²) in [6, 6.07) is 0.891. The number of aliphatic hydroxyl groups is 1. The van der Waals surface area contributed by atoms with Crippen molar-refractivity contribution in [3.05, 3.63) is 16.5 Å². The zero-order valence-electron chi connectivity index (χ0n) is 9.60. The standard InChI is InChI=1S/C9H12BrNO6S/c1-9(2,4-12)11-18(15,16)6-3-5(8(13)14)17-7(6)10/h3,11-12H,4H2,1-2H3,(H,13,14). The van der Waals surface area contributed by atoms with Crippen LogP contribution in [0.1, 0.15) is 24.4 Å². The van der Waals surface area contributed by atoms with Crippen molar-refractivity contribution in [2.45, 2.75) is 24.3 Å². The van der Waals surface area contributed by atoms with Gasteiger partial charge in [0, 0.05) is 6.07 Å².